The third-order valence-corrected chi connectivity index (χ3v) is 5.52. The number of nitrogens with zero attached hydrogens (tertiary/aromatic N) is 4. The first-order valence-corrected chi connectivity index (χ1v) is 9.83. The smallest absolute Gasteiger partial charge is 0.273 e. The van der Waals surface area contributed by atoms with Crippen molar-refractivity contribution in [3.05, 3.63) is 58.7 Å². The summed E-state index contributed by atoms with van der Waals surface area (Å²) in [4.78, 5) is 25.6. The highest BCUT2D eigenvalue weighted by Gasteiger charge is 2.26. The van der Waals surface area contributed by atoms with Gasteiger partial charge in [-0.15, -0.1) is 11.3 Å². The summed E-state index contributed by atoms with van der Waals surface area (Å²) in [5.74, 6) is 0.452. The van der Waals surface area contributed by atoms with Crippen molar-refractivity contribution in [3.8, 4) is 0 Å². The Morgan fingerprint density at radius 3 is 3.00 bits per heavy atom. The van der Waals surface area contributed by atoms with Gasteiger partial charge in [-0.25, -0.2) is 4.98 Å². The first-order valence-electron chi connectivity index (χ1n) is 8.89. The molecule has 1 aliphatic heterocycles. The number of amides is 1. The van der Waals surface area contributed by atoms with Gasteiger partial charge in [0.1, 0.15) is 5.69 Å². The number of hydrogen-bond acceptors (Lipinski definition) is 5. The molecule has 1 atom stereocenters. The molecule has 4 rings (SSSR count). The SMILES string of the molecule is CN1CCN(C(=O)c2cscn2)C[C@H](Cc2ccc3ncccc3c2)C1. The van der Waals surface area contributed by atoms with Gasteiger partial charge in [-0.05, 0) is 43.1 Å². The lowest BCUT2D eigenvalue weighted by Gasteiger charge is -2.23. The number of thiazole rings is 1. The van der Waals surface area contributed by atoms with Crippen LogP contribution in [0.15, 0.2) is 47.4 Å². The van der Waals surface area contributed by atoms with Crippen LogP contribution in [0.1, 0.15) is 16.1 Å². The normalized spacial score (nSPS) is 18.8. The number of carbonyl (C=O) groups excluding carboxylic acids is 1. The summed E-state index contributed by atoms with van der Waals surface area (Å²) in [6.45, 7) is 3.41. The highest BCUT2D eigenvalue weighted by molar-refractivity contribution is 7.07. The van der Waals surface area contributed by atoms with Gasteiger partial charge in [0.25, 0.3) is 5.91 Å². The number of likely N-dealkylation sites (N-methyl/N-ethyl adjacent to an activating group) is 1. The molecule has 1 amide bonds. The van der Waals surface area contributed by atoms with E-state index in [0.29, 0.717) is 11.6 Å². The van der Waals surface area contributed by atoms with E-state index in [1.54, 1.807) is 5.51 Å². The molecule has 2 aromatic heterocycles. The summed E-state index contributed by atoms with van der Waals surface area (Å²) in [7, 11) is 2.13. The first kappa shape index (κ1) is 17.1. The average molecular weight is 366 g/mol. The molecule has 3 aromatic rings. The minimum absolute atomic E-state index is 0.0502. The second kappa shape index (κ2) is 7.51. The summed E-state index contributed by atoms with van der Waals surface area (Å²) >= 11 is 1.47. The quantitative estimate of drug-likeness (QED) is 0.715. The van der Waals surface area contributed by atoms with E-state index in [1.165, 1.54) is 22.3 Å². The molecular formula is C20H22N4OS. The Labute approximate surface area is 157 Å². The topological polar surface area (TPSA) is 49.3 Å². The van der Waals surface area contributed by atoms with Crippen LogP contribution < -0.4 is 0 Å². The lowest BCUT2D eigenvalue weighted by molar-refractivity contribution is 0.0741. The summed E-state index contributed by atoms with van der Waals surface area (Å²) in [5.41, 5.74) is 4.61. The van der Waals surface area contributed by atoms with Gasteiger partial charge in [-0.2, -0.15) is 0 Å². The molecule has 3 heterocycles. The molecule has 0 unspecified atom stereocenters. The van der Waals surface area contributed by atoms with Gasteiger partial charge >= 0.3 is 0 Å². The molecule has 1 aromatic carbocycles. The molecule has 5 nitrogen and oxygen atoms in total. The monoisotopic (exact) mass is 366 g/mol. The second-order valence-electron chi connectivity index (χ2n) is 6.99. The van der Waals surface area contributed by atoms with Crippen LogP contribution in [0.25, 0.3) is 10.9 Å². The van der Waals surface area contributed by atoms with Gasteiger partial charge in [0, 0.05) is 43.1 Å². The van der Waals surface area contributed by atoms with Gasteiger partial charge in [0.2, 0.25) is 0 Å². The molecule has 0 aliphatic carbocycles. The molecule has 0 saturated carbocycles. The number of hydrogen-bond donors (Lipinski definition) is 0. The Balaban J connectivity index is 1.52. The van der Waals surface area contributed by atoms with Crippen molar-refractivity contribution in [2.75, 3.05) is 33.2 Å². The zero-order valence-electron chi connectivity index (χ0n) is 14.8. The third-order valence-electron chi connectivity index (χ3n) is 4.93. The molecule has 26 heavy (non-hydrogen) atoms. The summed E-state index contributed by atoms with van der Waals surface area (Å²) < 4.78 is 0. The molecule has 6 heteroatoms. The van der Waals surface area contributed by atoms with Crippen molar-refractivity contribution in [1.82, 2.24) is 19.8 Å². The van der Waals surface area contributed by atoms with Crippen molar-refractivity contribution < 1.29 is 4.79 Å². The summed E-state index contributed by atoms with van der Waals surface area (Å²) in [5, 5.41) is 3.00. The molecule has 1 aliphatic rings. The van der Waals surface area contributed by atoms with E-state index < -0.39 is 0 Å². The van der Waals surface area contributed by atoms with Crippen LogP contribution in [0.3, 0.4) is 0 Å². The lowest BCUT2D eigenvalue weighted by atomic mass is 9.97. The average Bonchev–Trinajstić information content (AvgIpc) is 3.12. The van der Waals surface area contributed by atoms with Crippen molar-refractivity contribution in [3.63, 3.8) is 0 Å². The Hall–Kier alpha value is -2.31. The standard InChI is InChI=1S/C20H22N4OS/c1-23-7-8-24(20(25)19-13-26-14-22-19)12-16(11-23)9-15-4-5-18-17(10-15)3-2-6-21-18/h2-6,10,13-14,16H,7-9,11-12H2,1H3/t16-/m1/s1. The molecule has 1 saturated heterocycles. The van der Waals surface area contributed by atoms with E-state index in [2.05, 4.69) is 46.2 Å². The van der Waals surface area contributed by atoms with Crippen LogP contribution in [-0.2, 0) is 6.42 Å². The fraction of sp³-hybridized carbons (Fsp3) is 0.350. The van der Waals surface area contributed by atoms with Gasteiger partial charge in [-0.1, -0.05) is 12.1 Å². The molecule has 1 fully saturated rings. The minimum atomic E-state index is 0.0502. The predicted octanol–water partition coefficient (Wildman–Crippen LogP) is 2.94. The zero-order chi connectivity index (χ0) is 17.9. The summed E-state index contributed by atoms with van der Waals surface area (Å²) in [6.07, 6.45) is 2.78. The molecule has 0 bridgehead atoms. The van der Waals surface area contributed by atoms with Crippen molar-refractivity contribution in [1.29, 1.82) is 0 Å². The number of pyridine rings is 1. The maximum atomic E-state index is 12.7. The van der Waals surface area contributed by atoms with E-state index in [0.717, 1.165) is 38.1 Å². The number of aromatic nitrogens is 2. The maximum absolute atomic E-state index is 12.7. The molecular weight excluding hydrogens is 344 g/mol. The van der Waals surface area contributed by atoms with Crippen molar-refractivity contribution in [2.24, 2.45) is 5.92 Å². The van der Waals surface area contributed by atoms with Crippen LogP contribution in [0.5, 0.6) is 0 Å². The van der Waals surface area contributed by atoms with Gasteiger partial charge in [-0.3, -0.25) is 9.78 Å². The highest BCUT2D eigenvalue weighted by atomic mass is 32.1. The van der Waals surface area contributed by atoms with Gasteiger partial charge < -0.3 is 9.80 Å². The third kappa shape index (κ3) is 3.76. The fourth-order valence-electron chi connectivity index (χ4n) is 3.66. The highest BCUT2D eigenvalue weighted by Crippen LogP contribution is 2.20. The van der Waals surface area contributed by atoms with Gasteiger partial charge in [0.15, 0.2) is 0 Å². The second-order valence-corrected chi connectivity index (χ2v) is 7.71. The van der Waals surface area contributed by atoms with Crippen LogP contribution >= 0.6 is 11.3 Å². The predicted molar refractivity (Wildman–Crippen MR) is 104 cm³/mol. The Morgan fingerprint density at radius 2 is 2.15 bits per heavy atom. The zero-order valence-corrected chi connectivity index (χ0v) is 15.7. The van der Waals surface area contributed by atoms with E-state index in [-0.39, 0.29) is 5.91 Å². The molecule has 134 valence electrons. The molecule has 0 N–H and O–H groups in total. The Kier molecular flexibility index (Phi) is 4.95. The number of fused-ring (bicyclic) bond motifs is 1. The number of benzene rings is 1. The largest absolute Gasteiger partial charge is 0.336 e. The minimum Gasteiger partial charge on any atom is -0.336 e. The van der Waals surface area contributed by atoms with Crippen LogP contribution in [-0.4, -0.2) is 58.9 Å². The van der Waals surface area contributed by atoms with E-state index >= 15 is 0 Å². The summed E-state index contributed by atoms with van der Waals surface area (Å²) in [6, 6.07) is 10.5. The van der Waals surface area contributed by atoms with Crippen LogP contribution in [0, 0.1) is 5.92 Å². The molecule has 0 spiro atoms. The number of rotatable bonds is 3. The number of carbonyl (C=O) groups is 1. The molecule has 0 radical (unpaired) electrons. The van der Waals surface area contributed by atoms with Crippen molar-refractivity contribution >= 4 is 28.1 Å². The first-order chi connectivity index (χ1) is 12.7. The van der Waals surface area contributed by atoms with E-state index in [1.807, 2.05) is 22.5 Å². The fourth-order valence-corrected chi connectivity index (χ4v) is 4.19. The van der Waals surface area contributed by atoms with Crippen LogP contribution in [0.2, 0.25) is 0 Å². The van der Waals surface area contributed by atoms with E-state index in [9.17, 15) is 4.79 Å². The van der Waals surface area contributed by atoms with Crippen molar-refractivity contribution in [2.45, 2.75) is 6.42 Å². The van der Waals surface area contributed by atoms with Crippen LogP contribution in [0.4, 0.5) is 0 Å². The maximum Gasteiger partial charge on any atom is 0.273 e. The lowest BCUT2D eigenvalue weighted by Crippen LogP contribution is -2.36. The Bertz CT molecular complexity index is 896. The van der Waals surface area contributed by atoms with E-state index in [4.69, 9.17) is 0 Å². The van der Waals surface area contributed by atoms with Gasteiger partial charge in [0.05, 0.1) is 11.0 Å². The Morgan fingerprint density at radius 1 is 1.23 bits per heavy atom.